The summed E-state index contributed by atoms with van der Waals surface area (Å²) in [6.45, 7) is 3.44. The molecule has 0 saturated heterocycles. The molecule has 146 valence electrons. The molecule has 0 amide bonds. The quantitative estimate of drug-likeness (QED) is 0.669. The van der Waals surface area contributed by atoms with Gasteiger partial charge < -0.3 is 20.5 Å². The number of hydrogen-bond donors (Lipinski definition) is 3. The van der Waals surface area contributed by atoms with Crippen molar-refractivity contribution in [3.63, 3.8) is 0 Å². The summed E-state index contributed by atoms with van der Waals surface area (Å²) in [7, 11) is 0. The fraction of sp³-hybridized carbons (Fsp3) is 0.444. The van der Waals surface area contributed by atoms with Crippen LogP contribution in [0.3, 0.4) is 0 Å². The molecule has 9 heteroatoms. The Morgan fingerprint density at radius 3 is 2.59 bits per heavy atom. The molecule has 0 aliphatic heterocycles. The fourth-order valence-electron chi connectivity index (χ4n) is 2.56. The summed E-state index contributed by atoms with van der Waals surface area (Å²) in [5.41, 5.74) is 2.10. The number of aliphatic hydroxyl groups is 1. The number of rotatable bonds is 7. The van der Waals surface area contributed by atoms with Gasteiger partial charge in [-0.25, -0.2) is 4.98 Å². The number of nitrogens with one attached hydrogen (secondary N) is 2. The predicted octanol–water partition coefficient (Wildman–Crippen LogP) is 4.10. The van der Waals surface area contributed by atoms with Crippen molar-refractivity contribution < 1.29 is 23.0 Å². The van der Waals surface area contributed by atoms with Crippen LogP contribution in [0.1, 0.15) is 36.9 Å². The maximum atomic E-state index is 12.3. The number of alkyl halides is 3. The van der Waals surface area contributed by atoms with Gasteiger partial charge in [0.25, 0.3) is 0 Å². The summed E-state index contributed by atoms with van der Waals surface area (Å²) >= 11 is 0. The average molecular weight is 382 g/mol. The number of benzene rings is 1. The van der Waals surface area contributed by atoms with Crippen molar-refractivity contribution in [2.24, 2.45) is 0 Å². The van der Waals surface area contributed by atoms with E-state index in [1.807, 2.05) is 13.0 Å². The van der Waals surface area contributed by atoms with Crippen LogP contribution < -0.4 is 15.4 Å². The standard InChI is InChI=1S/C18H21F3N4O2/c1-10-7-13(27-18(19,20)21)5-6-14(10)23-16-8-15(12-3-4-12)24-17(25-16)22-11(2)9-26/h5-8,11-12,26H,3-4,9H2,1-2H3,(H2,22,23,24,25)/t11-/m1/s1. The first-order valence-electron chi connectivity index (χ1n) is 8.63. The molecule has 1 atom stereocenters. The minimum Gasteiger partial charge on any atom is -0.406 e. The number of aryl methyl sites for hydroxylation is 1. The third-order valence-corrected chi connectivity index (χ3v) is 4.09. The van der Waals surface area contributed by atoms with Crippen LogP contribution in [0.4, 0.5) is 30.6 Å². The van der Waals surface area contributed by atoms with E-state index in [-0.39, 0.29) is 18.4 Å². The van der Waals surface area contributed by atoms with Gasteiger partial charge in [-0.15, -0.1) is 13.2 Å². The predicted molar refractivity (Wildman–Crippen MR) is 95.3 cm³/mol. The second kappa shape index (κ2) is 7.59. The van der Waals surface area contributed by atoms with Crippen molar-refractivity contribution in [2.45, 2.75) is 45.0 Å². The van der Waals surface area contributed by atoms with E-state index in [0.717, 1.165) is 18.5 Å². The number of aliphatic hydroxyl groups excluding tert-OH is 1. The number of nitrogens with zero attached hydrogens (tertiary/aromatic N) is 2. The molecule has 1 saturated carbocycles. The van der Waals surface area contributed by atoms with Crippen LogP contribution >= 0.6 is 0 Å². The molecule has 0 unspecified atom stereocenters. The summed E-state index contributed by atoms with van der Waals surface area (Å²) in [6, 6.07) is 5.71. The molecule has 1 aliphatic rings. The van der Waals surface area contributed by atoms with Gasteiger partial charge in [0.05, 0.1) is 12.3 Å². The van der Waals surface area contributed by atoms with Crippen molar-refractivity contribution in [1.82, 2.24) is 9.97 Å². The van der Waals surface area contributed by atoms with E-state index in [0.29, 0.717) is 28.9 Å². The Morgan fingerprint density at radius 1 is 1.26 bits per heavy atom. The van der Waals surface area contributed by atoms with E-state index in [4.69, 9.17) is 0 Å². The SMILES string of the molecule is Cc1cc(OC(F)(F)F)ccc1Nc1cc(C2CC2)nc(N[C@H](C)CO)n1. The molecular weight excluding hydrogens is 361 g/mol. The van der Waals surface area contributed by atoms with Crippen molar-refractivity contribution in [1.29, 1.82) is 0 Å². The number of halogens is 3. The molecule has 1 aromatic carbocycles. The topological polar surface area (TPSA) is 79.3 Å². The summed E-state index contributed by atoms with van der Waals surface area (Å²) in [4.78, 5) is 8.88. The van der Waals surface area contributed by atoms with Crippen LogP contribution in [0.15, 0.2) is 24.3 Å². The first kappa shape index (κ1) is 19.2. The molecule has 3 N–H and O–H groups in total. The Labute approximate surface area is 154 Å². The van der Waals surface area contributed by atoms with Crippen molar-refractivity contribution in [2.75, 3.05) is 17.2 Å². The van der Waals surface area contributed by atoms with Crippen LogP contribution in [-0.4, -0.2) is 34.1 Å². The highest BCUT2D eigenvalue weighted by Crippen LogP contribution is 2.40. The molecule has 1 aliphatic carbocycles. The summed E-state index contributed by atoms with van der Waals surface area (Å²) in [5.74, 6) is 1.05. The molecule has 1 heterocycles. The Morgan fingerprint density at radius 2 is 2.00 bits per heavy atom. The zero-order valence-corrected chi connectivity index (χ0v) is 15.0. The van der Waals surface area contributed by atoms with E-state index in [1.165, 1.54) is 18.2 Å². The molecule has 0 radical (unpaired) electrons. The highest BCUT2D eigenvalue weighted by atomic mass is 19.4. The number of ether oxygens (including phenoxy) is 1. The smallest absolute Gasteiger partial charge is 0.406 e. The Kier molecular flexibility index (Phi) is 5.41. The van der Waals surface area contributed by atoms with Crippen molar-refractivity contribution >= 4 is 17.5 Å². The van der Waals surface area contributed by atoms with E-state index in [2.05, 4.69) is 25.3 Å². The minimum absolute atomic E-state index is 0.0560. The molecule has 1 fully saturated rings. The van der Waals surface area contributed by atoms with Crippen LogP contribution in [0, 0.1) is 6.92 Å². The molecular formula is C18H21F3N4O2. The van der Waals surface area contributed by atoms with Crippen LogP contribution in [-0.2, 0) is 0 Å². The van der Waals surface area contributed by atoms with Gasteiger partial charge in [-0.3, -0.25) is 0 Å². The van der Waals surface area contributed by atoms with Crippen LogP contribution in [0.5, 0.6) is 5.75 Å². The number of anilines is 3. The van der Waals surface area contributed by atoms with Gasteiger partial charge >= 0.3 is 6.36 Å². The zero-order valence-electron chi connectivity index (χ0n) is 15.0. The molecule has 27 heavy (non-hydrogen) atoms. The zero-order chi connectivity index (χ0) is 19.6. The first-order valence-corrected chi connectivity index (χ1v) is 8.63. The van der Waals surface area contributed by atoms with Crippen molar-refractivity contribution in [3.8, 4) is 5.75 Å². The van der Waals surface area contributed by atoms with Gasteiger partial charge in [0, 0.05) is 23.7 Å². The lowest BCUT2D eigenvalue weighted by Gasteiger charge is -2.15. The van der Waals surface area contributed by atoms with Gasteiger partial charge in [-0.2, -0.15) is 4.98 Å². The third-order valence-electron chi connectivity index (χ3n) is 4.09. The molecule has 0 spiro atoms. The third kappa shape index (κ3) is 5.46. The highest BCUT2D eigenvalue weighted by molar-refractivity contribution is 5.63. The fourth-order valence-corrected chi connectivity index (χ4v) is 2.56. The van der Waals surface area contributed by atoms with Gasteiger partial charge in [0.1, 0.15) is 11.6 Å². The van der Waals surface area contributed by atoms with Gasteiger partial charge in [0.15, 0.2) is 0 Å². The van der Waals surface area contributed by atoms with E-state index >= 15 is 0 Å². The number of aromatic nitrogens is 2. The Hall–Kier alpha value is -2.55. The highest BCUT2D eigenvalue weighted by Gasteiger charge is 2.31. The molecule has 2 aromatic rings. The maximum Gasteiger partial charge on any atom is 0.573 e. The monoisotopic (exact) mass is 382 g/mol. The summed E-state index contributed by atoms with van der Waals surface area (Å²) in [6.07, 6.45) is -2.60. The van der Waals surface area contributed by atoms with E-state index < -0.39 is 6.36 Å². The van der Waals surface area contributed by atoms with E-state index in [9.17, 15) is 18.3 Å². The second-order valence-electron chi connectivity index (χ2n) is 6.65. The number of hydrogen-bond acceptors (Lipinski definition) is 6. The van der Waals surface area contributed by atoms with Gasteiger partial charge in [-0.1, -0.05) is 0 Å². The van der Waals surface area contributed by atoms with Crippen molar-refractivity contribution in [3.05, 3.63) is 35.5 Å². The minimum atomic E-state index is -4.73. The van der Waals surface area contributed by atoms with E-state index in [1.54, 1.807) is 6.92 Å². The summed E-state index contributed by atoms with van der Waals surface area (Å²) in [5, 5.41) is 15.4. The molecule has 3 rings (SSSR count). The molecule has 6 nitrogen and oxygen atoms in total. The molecule has 1 aromatic heterocycles. The Bertz CT molecular complexity index is 810. The van der Waals surface area contributed by atoms with Gasteiger partial charge in [0.2, 0.25) is 5.95 Å². The van der Waals surface area contributed by atoms with Gasteiger partial charge in [-0.05, 0) is 50.5 Å². The summed E-state index contributed by atoms with van der Waals surface area (Å²) < 4.78 is 41.0. The lowest BCUT2D eigenvalue weighted by Crippen LogP contribution is -2.21. The molecule has 0 bridgehead atoms. The lowest BCUT2D eigenvalue weighted by molar-refractivity contribution is -0.274. The maximum absolute atomic E-state index is 12.3. The lowest BCUT2D eigenvalue weighted by atomic mass is 10.2. The van der Waals surface area contributed by atoms with Crippen LogP contribution in [0.25, 0.3) is 0 Å². The Balaban J connectivity index is 1.82. The van der Waals surface area contributed by atoms with Crippen LogP contribution in [0.2, 0.25) is 0 Å². The first-order chi connectivity index (χ1) is 12.7. The largest absolute Gasteiger partial charge is 0.573 e. The average Bonchev–Trinajstić information content (AvgIpc) is 3.40. The normalized spacial score (nSPS) is 15.3. The second-order valence-corrected chi connectivity index (χ2v) is 6.65.